The van der Waals surface area contributed by atoms with E-state index in [0.29, 0.717) is 6.54 Å². The van der Waals surface area contributed by atoms with Gasteiger partial charge in [-0.1, -0.05) is 0 Å². The maximum Gasteiger partial charge on any atom is 0.307 e. The van der Waals surface area contributed by atoms with Crippen molar-refractivity contribution < 1.29 is 9.90 Å². The minimum Gasteiger partial charge on any atom is -0.481 e. The van der Waals surface area contributed by atoms with Crippen molar-refractivity contribution in [3.05, 3.63) is 37.7 Å². The number of rotatable bonds is 4. The standard InChI is InChI=1S/C12H13BrN2O2S/c1-7-11(4-12(16)17)8(2)15(14-7)5-10-3-9(13)6-18-10/h3,6H,4-5H2,1-2H3,(H,16,17). The van der Waals surface area contributed by atoms with Gasteiger partial charge >= 0.3 is 5.97 Å². The molecular weight excluding hydrogens is 316 g/mol. The Morgan fingerprint density at radius 1 is 1.56 bits per heavy atom. The minimum atomic E-state index is -0.820. The van der Waals surface area contributed by atoms with Gasteiger partial charge in [0.1, 0.15) is 0 Å². The maximum absolute atomic E-state index is 10.8. The third kappa shape index (κ3) is 2.81. The van der Waals surface area contributed by atoms with Crippen LogP contribution in [0.2, 0.25) is 0 Å². The lowest BCUT2D eigenvalue weighted by molar-refractivity contribution is -0.136. The summed E-state index contributed by atoms with van der Waals surface area (Å²) in [6.07, 6.45) is 0.0335. The van der Waals surface area contributed by atoms with Gasteiger partial charge in [-0.25, -0.2) is 0 Å². The predicted molar refractivity (Wildman–Crippen MR) is 74.2 cm³/mol. The third-order valence-corrected chi connectivity index (χ3v) is 4.47. The van der Waals surface area contributed by atoms with Crippen LogP contribution in [0.4, 0.5) is 0 Å². The molecule has 0 aromatic carbocycles. The molecule has 0 radical (unpaired) electrons. The van der Waals surface area contributed by atoms with Crippen LogP contribution >= 0.6 is 27.3 Å². The molecule has 0 unspecified atom stereocenters. The summed E-state index contributed by atoms with van der Waals surface area (Å²) in [6.45, 7) is 4.45. The molecule has 0 saturated carbocycles. The normalized spacial score (nSPS) is 10.8. The molecule has 6 heteroatoms. The van der Waals surface area contributed by atoms with Gasteiger partial charge in [-0.2, -0.15) is 5.10 Å². The number of halogens is 1. The molecule has 0 fully saturated rings. The Morgan fingerprint density at radius 2 is 2.28 bits per heavy atom. The summed E-state index contributed by atoms with van der Waals surface area (Å²) in [5.41, 5.74) is 2.54. The Hall–Kier alpha value is -1.14. The smallest absolute Gasteiger partial charge is 0.307 e. The van der Waals surface area contributed by atoms with Crippen molar-refractivity contribution in [2.24, 2.45) is 0 Å². The summed E-state index contributed by atoms with van der Waals surface area (Å²) in [7, 11) is 0. The van der Waals surface area contributed by atoms with Crippen LogP contribution in [-0.4, -0.2) is 20.9 Å². The van der Waals surface area contributed by atoms with Gasteiger partial charge in [-0.15, -0.1) is 11.3 Å². The van der Waals surface area contributed by atoms with E-state index in [1.165, 1.54) is 4.88 Å². The van der Waals surface area contributed by atoms with E-state index in [-0.39, 0.29) is 6.42 Å². The number of hydrogen-bond donors (Lipinski definition) is 1. The number of nitrogens with zero attached hydrogens (tertiary/aromatic N) is 2. The second-order valence-corrected chi connectivity index (χ2v) is 6.02. The van der Waals surface area contributed by atoms with E-state index in [1.54, 1.807) is 11.3 Å². The number of aromatic nitrogens is 2. The Morgan fingerprint density at radius 3 is 2.83 bits per heavy atom. The van der Waals surface area contributed by atoms with Crippen molar-refractivity contribution in [3.8, 4) is 0 Å². The van der Waals surface area contributed by atoms with Crippen LogP contribution in [0.3, 0.4) is 0 Å². The highest BCUT2D eigenvalue weighted by Gasteiger charge is 2.14. The van der Waals surface area contributed by atoms with Gasteiger partial charge < -0.3 is 5.11 Å². The third-order valence-electron chi connectivity index (χ3n) is 2.79. The Labute approximate surface area is 117 Å². The average molecular weight is 329 g/mol. The molecule has 0 atom stereocenters. The molecule has 2 heterocycles. The fourth-order valence-corrected chi connectivity index (χ4v) is 3.31. The molecule has 2 aromatic rings. The van der Waals surface area contributed by atoms with Gasteiger partial charge in [0.2, 0.25) is 0 Å². The number of aliphatic carboxylic acids is 1. The van der Waals surface area contributed by atoms with Gasteiger partial charge in [-0.3, -0.25) is 9.48 Å². The molecule has 18 heavy (non-hydrogen) atoms. The van der Waals surface area contributed by atoms with Gasteiger partial charge in [-0.05, 0) is 35.8 Å². The zero-order valence-electron chi connectivity index (χ0n) is 10.1. The second kappa shape index (κ2) is 5.24. The number of carboxylic acids is 1. The predicted octanol–water partition coefficient (Wildman–Crippen LogP) is 3.00. The second-order valence-electron chi connectivity index (χ2n) is 4.11. The SMILES string of the molecule is Cc1nn(Cc2cc(Br)cs2)c(C)c1CC(=O)O. The molecule has 0 aliphatic carbocycles. The Balaban J connectivity index is 2.26. The van der Waals surface area contributed by atoms with E-state index in [9.17, 15) is 4.79 Å². The van der Waals surface area contributed by atoms with Crippen LogP contribution in [-0.2, 0) is 17.8 Å². The summed E-state index contributed by atoms with van der Waals surface area (Å²) < 4.78 is 2.93. The molecule has 0 bridgehead atoms. The van der Waals surface area contributed by atoms with Crippen molar-refractivity contribution in [1.82, 2.24) is 9.78 Å². The Bertz CT molecular complexity index is 589. The minimum absolute atomic E-state index is 0.0335. The van der Waals surface area contributed by atoms with Crippen LogP contribution < -0.4 is 0 Å². The van der Waals surface area contributed by atoms with E-state index in [4.69, 9.17) is 5.11 Å². The lowest BCUT2D eigenvalue weighted by atomic mass is 10.1. The fourth-order valence-electron chi connectivity index (χ4n) is 1.88. The van der Waals surface area contributed by atoms with Crippen LogP contribution in [0.15, 0.2) is 15.9 Å². The number of aryl methyl sites for hydroxylation is 1. The van der Waals surface area contributed by atoms with E-state index >= 15 is 0 Å². The average Bonchev–Trinajstić information content (AvgIpc) is 2.78. The largest absolute Gasteiger partial charge is 0.481 e. The molecule has 0 saturated heterocycles. The first kappa shape index (κ1) is 13.3. The molecule has 1 N–H and O–H groups in total. The highest BCUT2D eigenvalue weighted by molar-refractivity contribution is 9.10. The van der Waals surface area contributed by atoms with Crippen molar-refractivity contribution >= 4 is 33.2 Å². The molecule has 0 amide bonds. The lowest BCUT2D eigenvalue weighted by Gasteiger charge is -2.02. The number of carbonyl (C=O) groups is 1. The molecular formula is C12H13BrN2O2S. The first-order valence-corrected chi connectivity index (χ1v) is 7.12. The molecule has 0 spiro atoms. The quantitative estimate of drug-likeness (QED) is 0.938. The molecule has 4 nitrogen and oxygen atoms in total. The summed E-state index contributed by atoms with van der Waals surface area (Å²) >= 11 is 5.08. The number of hydrogen-bond acceptors (Lipinski definition) is 3. The van der Waals surface area contributed by atoms with Gasteiger partial charge in [0.25, 0.3) is 0 Å². The van der Waals surface area contributed by atoms with Gasteiger partial charge in [0, 0.05) is 26.0 Å². The molecule has 0 aliphatic heterocycles. The highest BCUT2D eigenvalue weighted by atomic mass is 79.9. The van der Waals surface area contributed by atoms with Crippen molar-refractivity contribution in [2.75, 3.05) is 0 Å². The van der Waals surface area contributed by atoms with Crippen molar-refractivity contribution in [3.63, 3.8) is 0 Å². The van der Waals surface area contributed by atoms with Crippen molar-refractivity contribution in [1.29, 1.82) is 0 Å². The zero-order chi connectivity index (χ0) is 13.3. The monoisotopic (exact) mass is 328 g/mol. The summed E-state index contributed by atoms with van der Waals surface area (Å²) in [5.74, 6) is -0.820. The van der Waals surface area contributed by atoms with Crippen LogP contribution in [0.5, 0.6) is 0 Å². The van der Waals surface area contributed by atoms with E-state index in [1.807, 2.05) is 23.9 Å². The molecule has 2 rings (SSSR count). The lowest BCUT2D eigenvalue weighted by Crippen LogP contribution is -2.05. The Kier molecular flexibility index (Phi) is 3.87. The summed E-state index contributed by atoms with van der Waals surface area (Å²) in [6, 6.07) is 2.05. The van der Waals surface area contributed by atoms with E-state index < -0.39 is 5.97 Å². The van der Waals surface area contributed by atoms with Gasteiger partial charge in [0.05, 0.1) is 18.7 Å². The zero-order valence-corrected chi connectivity index (χ0v) is 12.5. The summed E-state index contributed by atoms with van der Waals surface area (Å²) in [5, 5.41) is 15.3. The highest BCUT2D eigenvalue weighted by Crippen LogP contribution is 2.22. The summed E-state index contributed by atoms with van der Waals surface area (Å²) in [4.78, 5) is 12.0. The van der Waals surface area contributed by atoms with E-state index in [0.717, 1.165) is 21.4 Å². The number of thiophene rings is 1. The fraction of sp³-hybridized carbons (Fsp3) is 0.333. The van der Waals surface area contributed by atoms with Gasteiger partial charge in [0.15, 0.2) is 0 Å². The van der Waals surface area contributed by atoms with E-state index in [2.05, 4.69) is 27.1 Å². The molecule has 96 valence electrons. The van der Waals surface area contributed by atoms with Crippen LogP contribution in [0.1, 0.15) is 21.8 Å². The van der Waals surface area contributed by atoms with Crippen molar-refractivity contribution in [2.45, 2.75) is 26.8 Å². The molecule has 0 aliphatic rings. The van der Waals surface area contributed by atoms with Crippen LogP contribution in [0, 0.1) is 13.8 Å². The van der Waals surface area contributed by atoms with Crippen LogP contribution in [0.25, 0.3) is 0 Å². The maximum atomic E-state index is 10.8. The number of carboxylic acid groups (broad SMARTS) is 1. The topological polar surface area (TPSA) is 55.1 Å². The first-order chi connectivity index (χ1) is 8.47. The molecule has 2 aromatic heterocycles. The first-order valence-electron chi connectivity index (χ1n) is 5.45.